The standard InChI is InChI=1S/C12H17N3O/c1-3-8(2)13-7-9-4-5-10-11(6-9)15-12(16)14-10/h4-6,8,13H,3,7H2,1-2H3,(H2,14,15,16). The fourth-order valence-electron chi connectivity index (χ4n) is 1.63. The van der Waals surface area contributed by atoms with Gasteiger partial charge in [0.05, 0.1) is 11.0 Å². The monoisotopic (exact) mass is 219 g/mol. The van der Waals surface area contributed by atoms with E-state index in [1.54, 1.807) is 0 Å². The predicted molar refractivity (Wildman–Crippen MR) is 65.5 cm³/mol. The molecule has 1 heterocycles. The second kappa shape index (κ2) is 4.53. The molecule has 4 nitrogen and oxygen atoms in total. The van der Waals surface area contributed by atoms with Gasteiger partial charge in [-0.3, -0.25) is 0 Å². The van der Waals surface area contributed by atoms with Crippen molar-refractivity contribution in [1.29, 1.82) is 0 Å². The van der Waals surface area contributed by atoms with Gasteiger partial charge in [0.2, 0.25) is 0 Å². The van der Waals surface area contributed by atoms with Gasteiger partial charge in [-0.15, -0.1) is 0 Å². The quantitative estimate of drug-likeness (QED) is 0.733. The summed E-state index contributed by atoms with van der Waals surface area (Å²) in [4.78, 5) is 16.6. The first-order chi connectivity index (χ1) is 7.69. The summed E-state index contributed by atoms with van der Waals surface area (Å²) < 4.78 is 0. The van der Waals surface area contributed by atoms with E-state index >= 15 is 0 Å². The molecule has 2 rings (SSSR count). The van der Waals surface area contributed by atoms with Crippen LogP contribution in [0.2, 0.25) is 0 Å². The van der Waals surface area contributed by atoms with Crippen molar-refractivity contribution in [3.05, 3.63) is 34.2 Å². The number of rotatable bonds is 4. The van der Waals surface area contributed by atoms with Gasteiger partial charge in [-0.2, -0.15) is 0 Å². The van der Waals surface area contributed by atoms with Crippen molar-refractivity contribution in [2.45, 2.75) is 32.9 Å². The van der Waals surface area contributed by atoms with E-state index in [1.165, 1.54) is 5.56 Å². The van der Waals surface area contributed by atoms with Gasteiger partial charge in [-0.25, -0.2) is 4.79 Å². The lowest BCUT2D eigenvalue weighted by Crippen LogP contribution is -2.24. The third-order valence-corrected chi connectivity index (χ3v) is 2.85. The van der Waals surface area contributed by atoms with Crippen LogP contribution in [0.25, 0.3) is 11.0 Å². The van der Waals surface area contributed by atoms with Crippen LogP contribution in [0.15, 0.2) is 23.0 Å². The molecule has 0 fully saturated rings. The minimum Gasteiger partial charge on any atom is -0.310 e. The lowest BCUT2D eigenvalue weighted by Gasteiger charge is -2.10. The maximum absolute atomic E-state index is 11.1. The molecule has 0 saturated heterocycles. The molecule has 0 spiro atoms. The minimum absolute atomic E-state index is 0.151. The van der Waals surface area contributed by atoms with Gasteiger partial charge in [0, 0.05) is 12.6 Å². The van der Waals surface area contributed by atoms with E-state index in [9.17, 15) is 4.79 Å². The van der Waals surface area contributed by atoms with Crippen molar-refractivity contribution >= 4 is 11.0 Å². The molecule has 0 bridgehead atoms. The van der Waals surface area contributed by atoms with E-state index in [0.717, 1.165) is 24.0 Å². The molecule has 1 aromatic heterocycles. The number of nitrogens with one attached hydrogen (secondary N) is 3. The summed E-state index contributed by atoms with van der Waals surface area (Å²) in [7, 11) is 0. The highest BCUT2D eigenvalue weighted by Crippen LogP contribution is 2.10. The summed E-state index contributed by atoms with van der Waals surface area (Å²) in [6.07, 6.45) is 1.11. The van der Waals surface area contributed by atoms with Crippen molar-refractivity contribution < 1.29 is 0 Å². The molecule has 16 heavy (non-hydrogen) atoms. The summed E-state index contributed by atoms with van der Waals surface area (Å²) in [6.45, 7) is 5.15. The molecule has 1 unspecified atom stereocenters. The first kappa shape index (κ1) is 11.0. The number of aromatic nitrogens is 2. The number of hydrogen-bond donors (Lipinski definition) is 3. The normalized spacial score (nSPS) is 13.1. The third-order valence-electron chi connectivity index (χ3n) is 2.85. The Kier molecular flexibility index (Phi) is 3.10. The Balaban J connectivity index is 2.16. The van der Waals surface area contributed by atoms with Crippen molar-refractivity contribution in [1.82, 2.24) is 15.3 Å². The zero-order chi connectivity index (χ0) is 11.5. The molecular weight excluding hydrogens is 202 g/mol. The van der Waals surface area contributed by atoms with E-state index in [2.05, 4.69) is 29.1 Å². The van der Waals surface area contributed by atoms with Crippen LogP contribution in [0.5, 0.6) is 0 Å². The smallest absolute Gasteiger partial charge is 0.310 e. The average molecular weight is 219 g/mol. The van der Waals surface area contributed by atoms with Crippen LogP contribution in [-0.4, -0.2) is 16.0 Å². The summed E-state index contributed by atoms with van der Waals surface area (Å²) >= 11 is 0. The first-order valence-electron chi connectivity index (χ1n) is 5.63. The number of hydrogen-bond acceptors (Lipinski definition) is 2. The Hall–Kier alpha value is -1.55. The minimum atomic E-state index is -0.151. The summed E-state index contributed by atoms with van der Waals surface area (Å²) in [6, 6.07) is 6.48. The van der Waals surface area contributed by atoms with Gasteiger partial charge in [0.25, 0.3) is 0 Å². The molecule has 4 heteroatoms. The Bertz CT molecular complexity index is 526. The highest BCUT2D eigenvalue weighted by molar-refractivity contribution is 5.74. The van der Waals surface area contributed by atoms with Gasteiger partial charge >= 0.3 is 5.69 Å². The van der Waals surface area contributed by atoms with Crippen molar-refractivity contribution in [3.8, 4) is 0 Å². The van der Waals surface area contributed by atoms with Crippen molar-refractivity contribution in [2.75, 3.05) is 0 Å². The molecule has 0 aliphatic carbocycles. The van der Waals surface area contributed by atoms with E-state index in [-0.39, 0.29) is 5.69 Å². The van der Waals surface area contributed by atoms with Crippen molar-refractivity contribution in [2.24, 2.45) is 0 Å². The zero-order valence-electron chi connectivity index (χ0n) is 9.63. The summed E-state index contributed by atoms with van der Waals surface area (Å²) in [5.41, 5.74) is 2.76. The SMILES string of the molecule is CCC(C)NCc1ccc2[nH]c(=O)[nH]c2c1. The Labute approximate surface area is 94.1 Å². The largest absolute Gasteiger partial charge is 0.323 e. The zero-order valence-corrected chi connectivity index (χ0v) is 9.63. The number of benzene rings is 1. The van der Waals surface area contributed by atoms with Gasteiger partial charge in [0.15, 0.2) is 0 Å². The van der Waals surface area contributed by atoms with Gasteiger partial charge in [-0.1, -0.05) is 13.0 Å². The molecule has 0 radical (unpaired) electrons. The lowest BCUT2D eigenvalue weighted by atomic mass is 10.2. The van der Waals surface area contributed by atoms with Gasteiger partial charge in [-0.05, 0) is 31.0 Å². The molecule has 0 aliphatic rings. The van der Waals surface area contributed by atoms with E-state index in [4.69, 9.17) is 0 Å². The third kappa shape index (κ3) is 2.33. The number of H-pyrrole nitrogens is 2. The second-order valence-electron chi connectivity index (χ2n) is 4.15. The predicted octanol–water partition coefficient (Wildman–Crippen LogP) is 1.74. The van der Waals surface area contributed by atoms with Crippen LogP contribution in [0, 0.1) is 0 Å². The van der Waals surface area contributed by atoms with E-state index in [0.29, 0.717) is 6.04 Å². The summed E-state index contributed by atoms with van der Waals surface area (Å²) in [5, 5.41) is 3.42. The van der Waals surface area contributed by atoms with Crippen LogP contribution >= 0.6 is 0 Å². The maximum Gasteiger partial charge on any atom is 0.323 e. The van der Waals surface area contributed by atoms with Gasteiger partial charge in [0.1, 0.15) is 0 Å². The molecule has 1 atom stereocenters. The highest BCUT2D eigenvalue weighted by Gasteiger charge is 2.01. The second-order valence-corrected chi connectivity index (χ2v) is 4.15. The maximum atomic E-state index is 11.1. The van der Waals surface area contributed by atoms with Crippen molar-refractivity contribution in [3.63, 3.8) is 0 Å². The fraction of sp³-hybridized carbons (Fsp3) is 0.417. The van der Waals surface area contributed by atoms with Gasteiger partial charge < -0.3 is 15.3 Å². The molecule has 86 valence electrons. The lowest BCUT2D eigenvalue weighted by molar-refractivity contribution is 0.534. The number of fused-ring (bicyclic) bond motifs is 1. The van der Waals surface area contributed by atoms with Crippen LogP contribution in [0.1, 0.15) is 25.8 Å². The Morgan fingerprint density at radius 3 is 2.81 bits per heavy atom. The first-order valence-corrected chi connectivity index (χ1v) is 5.63. The number of imidazole rings is 1. The van der Waals surface area contributed by atoms with E-state index < -0.39 is 0 Å². The van der Waals surface area contributed by atoms with Crippen LogP contribution < -0.4 is 11.0 Å². The topological polar surface area (TPSA) is 60.7 Å². The molecule has 0 amide bonds. The van der Waals surface area contributed by atoms with Crippen LogP contribution in [0.3, 0.4) is 0 Å². The Morgan fingerprint density at radius 2 is 2.06 bits per heavy atom. The average Bonchev–Trinajstić information content (AvgIpc) is 2.65. The molecule has 0 aliphatic heterocycles. The number of aromatic amines is 2. The van der Waals surface area contributed by atoms with Crippen LogP contribution in [0.4, 0.5) is 0 Å². The highest BCUT2D eigenvalue weighted by atomic mass is 16.1. The summed E-state index contributed by atoms with van der Waals surface area (Å²) in [5.74, 6) is 0. The fourth-order valence-corrected chi connectivity index (χ4v) is 1.63. The molecule has 3 N–H and O–H groups in total. The van der Waals surface area contributed by atoms with Crippen LogP contribution in [-0.2, 0) is 6.54 Å². The molecule has 2 aromatic rings. The molecular formula is C12H17N3O. The molecule has 1 aromatic carbocycles. The van der Waals surface area contributed by atoms with E-state index in [1.807, 2.05) is 18.2 Å². The molecule has 0 saturated carbocycles. The Morgan fingerprint density at radius 1 is 1.31 bits per heavy atom.